The molecule has 2 aromatic carbocycles. The number of aromatic nitrogens is 2. The lowest BCUT2D eigenvalue weighted by atomic mass is 10.1. The van der Waals surface area contributed by atoms with Crippen molar-refractivity contribution in [3.8, 4) is 22.8 Å². The van der Waals surface area contributed by atoms with Crippen LogP contribution >= 0.6 is 0 Å². The summed E-state index contributed by atoms with van der Waals surface area (Å²) in [7, 11) is 1.63. The number of hydrogen-bond acceptors (Lipinski definition) is 4. The molecule has 6 heteroatoms. The Bertz CT molecular complexity index is 1200. The van der Waals surface area contributed by atoms with Crippen LogP contribution in [0, 0.1) is 6.92 Å². The molecule has 2 aromatic heterocycles. The number of amides is 1. The van der Waals surface area contributed by atoms with Gasteiger partial charge in [0.15, 0.2) is 0 Å². The van der Waals surface area contributed by atoms with Crippen molar-refractivity contribution < 1.29 is 14.3 Å². The van der Waals surface area contributed by atoms with Crippen molar-refractivity contribution >= 4 is 17.4 Å². The zero-order chi connectivity index (χ0) is 21.1. The Morgan fingerprint density at radius 3 is 2.60 bits per heavy atom. The van der Waals surface area contributed by atoms with Crippen LogP contribution in [0.2, 0.25) is 0 Å². The number of carbonyl (C=O) groups is 1. The molecule has 30 heavy (non-hydrogen) atoms. The molecule has 0 unspecified atom stereocenters. The van der Waals surface area contributed by atoms with Crippen LogP contribution in [-0.2, 0) is 0 Å². The molecule has 0 bridgehead atoms. The maximum absolute atomic E-state index is 13.2. The highest BCUT2D eigenvalue weighted by molar-refractivity contribution is 6.07. The second kappa shape index (κ2) is 8.29. The predicted octanol–water partition coefficient (Wildman–Crippen LogP) is 4.97. The highest BCUT2D eigenvalue weighted by Gasteiger charge is 2.19. The number of imidazole rings is 1. The van der Waals surface area contributed by atoms with Crippen LogP contribution in [0.3, 0.4) is 0 Å². The van der Waals surface area contributed by atoms with E-state index in [0.717, 1.165) is 22.5 Å². The smallest absolute Gasteiger partial charge is 0.260 e. The summed E-state index contributed by atoms with van der Waals surface area (Å²) in [6.45, 7) is 4.39. The number of para-hydroxylation sites is 1. The molecule has 6 nitrogen and oxygen atoms in total. The van der Waals surface area contributed by atoms with Gasteiger partial charge in [-0.3, -0.25) is 9.20 Å². The largest absolute Gasteiger partial charge is 0.497 e. The van der Waals surface area contributed by atoms with E-state index in [0.29, 0.717) is 29.4 Å². The molecule has 4 rings (SSSR count). The van der Waals surface area contributed by atoms with Crippen molar-refractivity contribution in [2.45, 2.75) is 13.8 Å². The van der Waals surface area contributed by atoms with Crippen LogP contribution in [0.15, 0.2) is 66.9 Å². The standard InChI is InChI=1S/C24H23N3O3/c1-4-30-20-8-6-5-7-19(20)24(28)26-23-22(17-9-11-18(29-3)12-10-17)25-21-15-16(2)13-14-27(21)23/h5-15H,4H2,1-3H3,(H,26,28). The van der Waals surface area contributed by atoms with Crippen molar-refractivity contribution in [2.24, 2.45) is 0 Å². The third-order valence-electron chi connectivity index (χ3n) is 4.81. The topological polar surface area (TPSA) is 64.9 Å². The first-order valence-corrected chi connectivity index (χ1v) is 9.77. The number of nitrogens with zero attached hydrogens (tertiary/aromatic N) is 2. The van der Waals surface area contributed by atoms with Gasteiger partial charge in [-0.15, -0.1) is 0 Å². The molecule has 0 aliphatic rings. The number of fused-ring (bicyclic) bond motifs is 1. The van der Waals surface area contributed by atoms with Gasteiger partial charge in [-0.25, -0.2) is 4.98 Å². The maximum Gasteiger partial charge on any atom is 0.260 e. The molecule has 4 aromatic rings. The minimum Gasteiger partial charge on any atom is -0.497 e. The number of benzene rings is 2. The molecule has 0 atom stereocenters. The van der Waals surface area contributed by atoms with Crippen LogP contribution in [0.25, 0.3) is 16.9 Å². The number of nitrogens with one attached hydrogen (secondary N) is 1. The summed E-state index contributed by atoms with van der Waals surface area (Å²) in [4.78, 5) is 17.9. The SMILES string of the molecule is CCOc1ccccc1C(=O)Nc1c(-c2ccc(OC)cc2)nc2cc(C)ccn12. The molecule has 0 aliphatic carbocycles. The second-order valence-corrected chi connectivity index (χ2v) is 6.85. The highest BCUT2D eigenvalue weighted by atomic mass is 16.5. The van der Waals surface area contributed by atoms with E-state index in [-0.39, 0.29) is 5.91 Å². The van der Waals surface area contributed by atoms with E-state index >= 15 is 0 Å². The van der Waals surface area contributed by atoms with E-state index in [1.807, 2.05) is 73.0 Å². The van der Waals surface area contributed by atoms with Crippen molar-refractivity contribution in [1.82, 2.24) is 9.38 Å². The molecule has 1 N–H and O–H groups in total. The third kappa shape index (κ3) is 3.72. The van der Waals surface area contributed by atoms with E-state index in [9.17, 15) is 4.79 Å². The first kappa shape index (κ1) is 19.5. The number of pyridine rings is 1. The average molecular weight is 401 g/mol. The number of rotatable bonds is 6. The minimum atomic E-state index is -0.254. The number of methoxy groups -OCH3 is 1. The minimum absolute atomic E-state index is 0.254. The van der Waals surface area contributed by atoms with E-state index in [1.165, 1.54) is 0 Å². The summed E-state index contributed by atoms with van der Waals surface area (Å²) < 4.78 is 12.8. The Kier molecular flexibility index (Phi) is 5.39. The summed E-state index contributed by atoms with van der Waals surface area (Å²) in [6, 6.07) is 18.8. The summed E-state index contributed by atoms with van der Waals surface area (Å²) in [5.74, 6) is 1.66. The molecular weight excluding hydrogens is 378 g/mol. The lowest BCUT2D eigenvalue weighted by molar-refractivity contribution is 0.102. The summed E-state index contributed by atoms with van der Waals surface area (Å²) >= 11 is 0. The van der Waals surface area contributed by atoms with Gasteiger partial charge in [-0.05, 0) is 67.9 Å². The van der Waals surface area contributed by atoms with Gasteiger partial charge in [0.25, 0.3) is 5.91 Å². The third-order valence-corrected chi connectivity index (χ3v) is 4.81. The predicted molar refractivity (Wildman–Crippen MR) is 117 cm³/mol. The molecular formula is C24H23N3O3. The highest BCUT2D eigenvalue weighted by Crippen LogP contribution is 2.31. The summed E-state index contributed by atoms with van der Waals surface area (Å²) in [6.07, 6.45) is 1.91. The van der Waals surface area contributed by atoms with Crippen molar-refractivity contribution in [1.29, 1.82) is 0 Å². The number of ether oxygens (including phenoxy) is 2. The lowest BCUT2D eigenvalue weighted by Gasteiger charge is -2.12. The lowest BCUT2D eigenvalue weighted by Crippen LogP contribution is -2.15. The van der Waals surface area contributed by atoms with Gasteiger partial charge >= 0.3 is 0 Å². The Balaban J connectivity index is 1.80. The number of hydrogen-bond donors (Lipinski definition) is 1. The molecule has 0 spiro atoms. The van der Waals surface area contributed by atoms with E-state index in [4.69, 9.17) is 14.5 Å². The van der Waals surface area contributed by atoms with Crippen LogP contribution in [0.5, 0.6) is 11.5 Å². The Morgan fingerprint density at radius 1 is 1.10 bits per heavy atom. The quantitative estimate of drug-likeness (QED) is 0.495. The van der Waals surface area contributed by atoms with Crippen molar-refractivity contribution in [2.75, 3.05) is 19.0 Å². The van der Waals surface area contributed by atoms with Gasteiger partial charge in [0.05, 0.1) is 19.3 Å². The zero-order valence-electron chi connectivity index (χ0n) is 17.2. The fourth-order valence-corrected chi connectivity index (χ4v) is 3.33. The van der Waals surface area contributed by atoms with Gasteiger partial charge < -0.3 is 14.8 Å². The Hall–Kier alpha value is -3.80. The first-order valence-electron chi connectivity index (χ1n) is 9.77. The second-order valence-electron chi connectivity index (χ2n) is 6.85. The molecule has 1 amide bonds. The van der Waals surface area contributed by atoms with Gasteiger partial charge in [0.1, 0.15) is 28.7 Å². The Morgan fingerprint density at radius 2 is 1.87 bits per heavy atom. The fourth-order valence-electron chi connectivity index (χ4n) is 3.33. The summed E-state index contributed by atoms with van der Waals surface area (Å²) in [5.41, 5.74) is 3.89. The van der Waals surface area contributed by atoms with E-state index < -0.39 is 0 Å². The van der Waals surface area contributed by atoms with Crippen LogP contribution in [0.1, 0.15) is 22.8 Å². The van der Waals surface area contributed by atoms with Gasteiger partial charge in [0, 0.05) is 11.8 Å². The molecule has 0 saturated heterocycles. The normalized spacial score (nSPS) is 10.8. The van der Waals surface area contributed by atoms with Crippen molar-refractivity contribution in [3.05, 3.63) is 78.0 Å². The van der Waals surface area contributed by atoms with E-state index in [1.54, 1.807) is 19.2 Å². The number of carbonyl (C=O) groups excluding carboxylic acids is 1. The first-order chi connectivity index (χ1) is 14.6. The van der Waals surface area contributed by atoms with Crippen molar-refractivity contribution in [3.63, 3.8) is 0 Å². The monoisotopic (exact) mass is 401 g/mol. The maximum atomic E-state index is 13.2. The van der Waals surface area contributed by atoms with Gasteiger partial charge in [0.2, 0.25) is 0 Å². The zero-order valence-corrected chi connectivity index (χ0v) is 17.2. The fraction of sp³-hybridized carbons (Fsp3) is 0.167. The average Bonchev–Trinajstić information content (AvgIpc) is 3.11. The Labute approximate surface area is 175 Å². The van der Waals surface area contributed by atoms with Gasteiger partial charge in [-0.1, -0.05) is 12.1 Å². The molecule has 2 heterocycles. The summed E-state index contributed by atoms with van der Waals surface area (Å²) in [5, 5.41) is 3.05. The molecule has 0 fully saturated rings. The van der Waals surface area contributed by atoms with Gasteiger partial charge in [-0.2, -0.15) is 0 Å². The van der Waals surface area contributed by atoms with E-state index in [2.05, 4.69) is 5.32 Å². The molecule has 152 valence electrons. The molecule has 0 aliphatic heterocycles. The number of aryl methyl sites for hydroxylation is 1. The van der Waals surface area contributed by atoms with Crippen LogP contribution in [0.4, 0.5) is 5.82 Å². The number of anilines is 1. The molecule has 0 radical (unpaired) electrons. The van der Waals surface area contributed by atoms with Crippen LogP contribution in [-0.4, -0.2) is 29.0 Å². The van der Waals surface area contributed by atoms with Crippen LogP contribution < -0.4 is 14.8 Å². The molecule has 0 saturated carbocycles.